The molecule has 0 atom stereocenters. The van der Waals surface area contributed by atoms with Crippen molar-refractivity contribution in [2.45, 2.75) is 11.8 Å². The van der Waals surface area contributed by atoms with Crippen LogP contribution in [0.25, 0.3) is 0 Å². The van der Waals surface area contributed by atoms with Crippen LogP contribution >= 0.6 is 0 Å². The van der Waals surface area contributed by atoms with Crippen molar-refractivity contribution in [2.24, 2.45) is 0 Å². The lowest BCUT2D eigenvalue weighted by atomic mass is 10.3. The first-order valence-corrected chi connectivity index (χ1v) is 6.58. The molecule has 5 nitrogen and oxygen atoms in total. The zero-order valence-corrected chi connectivity index (χ0v) is 10.3. The molecule has 0 aromatic heterocycles. The third-order valence-electron chi connectivity index (χ3n) is 2.01. The zero-order valence-electron chi connectivity index (χ0n) is 9.44. The van der Waals surface area contributed by atoms with Gasteiger partial charge in [-0.2, -0.15) is 0 Å². The van der Waals surface area contributed by atoms with E-state index < -0.39 is 15.8 Å². The predicted molar refractivity (Wildman–Crippen MR) is 62.5 cm³/mol. The summed E-state index contributed by atoms with van der Waals surface area (Å²) in [6, 6.07) is 3.21. The van der Waals surface area contributed by atoms with Crippen LogP contribution < -0.4 is 10.5 Å². The molecule has 96 valence electrons. The first kappa shape index (κ1) is 13.9. The Hall–Kier alpha value is -1.18. The number of ether oxygens (including phenoxy) is 1. The van der Waals surface area contributed by atoms with Gasteiger partial charge in [0, 0.05) is 13.2 Å². The molecule has 0 bridgehead atoms. The Labute approximate surface area is 99.8 Å². The average Bonchev–Trinajstić information content (AvgIpc) is 2.28. The summed E-state index contributed by atoms with van der Waals surface area (Å²) in [4.78, 5) is -0.256. The average molecular weight is 262 g/mol. The summed E-state index contributed by atoms with van der Waals surface area (Å²) in [5, 5.41) is 0. The van der Waals surface area contributed by atoms with Crippen molar-refractivity contribution in [3.05, 3.63) is 24.0 Å². The van der Waals surface area contributed by atoms with Gasteiger partial charge >= 0.3 is 0 Å². The molecule has 0 aliphatic carbocycles. The van der Waals surface area contributed by atoms with Crippen LogP contribution in [0.1, 0.15) is 6.92 Å². The number of hydrogen-bond donors (Lipinski definition) is 2. The number of rotatable bonds is 6. The molecule has 0 radical (unpaired) electrons. The number of hydrogen-bond acceptors (Lipinski definition) is 4. The molecule has 7 heteroatoms. The highest BCUT2D eigenvalue weighted by Crippen LogP contribution is 2.18. The number of nitrogens with one attached hydrogen (secondary N) is 1. The van der Waals surface area contributed by atoms with Crippen molar-refractivity contribution in [3.8, 4) is 0 Å². The molecule has 0 spiro atoms. The second-order valence-electron chi connectivity index (χ2n) is 3.28. The van der Waals surface area contributed by atoms with Gasteiger partial charge in [0.2, 0.25) is 10.0 Å². The van der Waals surface area contributed by atoms with Gasteiger partial charge in [-0.3, -0.25) is 0 Å². The van der Waals surface area contributed by atoms with Gasteiger partial charge < -0.3 is 10.5 Å². The fourth-order valence-corrected chi connectivity index (χ4v) is 2.36. The van der Waals surface area contributed by atoms with Crippen LogP contribution in [0.15, 0.2) is 23.1 Å². The van der Waals surface area contributed by atoms with E-state index >= 15 is 0 Å². The van der Waals surface area contributed by atoms with E-state index in [0.29, 0.717) is 6.61 Å². The zero-order chi connectivity index (χ0) is 12.9. The van der Waals surface area contributed by atoms with Crippen LogP contribution in [-0.2, 0) is 14.8 Å². The molecule has 0 fully saturated rings. The fraction of sp³-hybridized carbons (Fsp3) is 0.400. The second kappa shape index (κ2) is 5.95. The summed E-state index contributed by atoms with van der Waals surface area (Å²) < 4.78 is 43.7. The molecular weight excluding hydrogens is 247 g/mol. The molecule has 0 heterocycles. The number of nitrogen functional groups attached to an aromatic ring is 1. The van der Waals surface area contributed by atoms with Crippen molar-refractivity contribution in [1.29, 1.82) is 0 Å². The van der Waals surface area contributed by atoms with Crippen molar-refractivity contribution >= 4 is 15.7 Å². The summed E-state index contributed by atoms with van der Waals surface area (Å²) in [6.45, 7) is 2.68. The van der Waals surface area contributed by atoms with E-state index in [9.17, 15) is 12.8 Å². The minimum Gasteiger partial charge on any atom is -0.398 e. The van der Waals surface area contributed by atoms with E-state index in [-0.39, 0.29) is 23.7 Å². The number of halogens is 1. The van der Waals surface area contributed by atoms with Crippen molar-refractivity contribution in [3.63, 3.8) is 0 Å². The molecule has 0 aliphatic rings. The Balaban J connectivity index is 2.79. The van der Waals surface area contributed by atoms with Crippen LogP contribution in [-0.4, -0.2) is 28.2 Å². The maximum absolute atomic E-state index is 12.9. The SMILES string of the molecule is CCOCCNS(=O)(=O)c1cc(F)ccc1N. The van der Waals surface area contributed by atoms with E-state index in [1.54, 1.807) is 6.92 Å². The van der Waals surface area contributed by atoms with E-state index in [1.165, 1.54) is 6.07 Å². The van der Waals surface area contributed by atoms with Crippen molar-refractivity contribution in [2.75, 3.05) is 25.5 Å². The van der Waals surface area contributed by atoms with Crippen molar-refractivity contribution < 1.29 is 17.5 Å². The summed E-state index contributed by atoms with van der Waals surface area (Å²) in [5.74, 6) is -0.649. The Bertz CT molecular complexity index is 476. The monoisotopic (exact) mass is 262 g/mol. The standard InChI is InChI=1S/C10H15FN2O3S/c1-2-16-6-5-13-17(14,15)10-7-8(11)3-4-9(10)12/h3-4,7,13H,2,5-6,12H2,1H3. The highest BCUT2D eigenvalue weighted by molar-refractivity contribution is 7.89. The minimum atomic E-state index is -3.79. The fourth-order valence-electron chi connectivity index (χ4n) is 1.21. The molecule has 0 aliphatic heterocycles. The van der Waals surface area contributed by atoms with E-state index in [4.69, 9.17) is 10.5 Å². The summed E-state index contributed by atoms with van der Waals surface area (Å²) >= 11 is 0. The van der Waals surface area contributed by atoms with Crippen LogP contribution in [0.3, 0.4) is 0 Å². The van der Waals surface area contributed by atoms with Crippen LogP contribution in [0.5, 0.6) is 0 Å². The predicted octanol–water partition coefficient (Wildman–Crippen LogP) is 0.723. The summed E-state index contributed by atoms with van der Waals surface area (Å²) in [5.41, 5.74) is 5.50. The highest BCUT2D eigenvalue weighted by atomic mass is 32.2. The lowest BCUT2D eigenvalue weighted by Crippen LogP contribution is -2.28. The molecule has 17 heavy (non-hydrogen) atoms. The summed E-state index contributed by atoms with van der Waals surface area (Å²) in [7, 11) is -3.79. The van der Waals surface area contributed by atoms with Gasteiger partial charge in [-0.05, 0) is 25.1 Å². The molecule has 1 rings (SSSR count). The minimum absolute atomic E-state index is 0.00955. The quantitative estimate of drug-likeness (QED) is 0.584. The first-order valence-electron chi connectivity index (χ1n) is 5.10. The first-order chi connectivity index (χ1) is 7.97. The Kier molecular flexibility index (Phi) is 4.86. The Morgan fingerprint density at radius 1 is 1.47 bits per heavy atom. The van der Waals surface area contributed by atoms with Gasteiger partial charge in [0.1, 0.15) is 10.7 Å². The molecule has 3 N–H and O–H groups in total. The van der Waals surface area contributed by atoms with E-state index in [2.05, 4.69) is 4.72 Å². The number of nitrogens with two attached hydrogens (primary N) is 1. The van der Waals surface area contributed by atoms with Gasteiger partial charge in [0.25, 0.3) is 0 Å². The van der Waals surface area contributed by atoms with Crippen LogP contribution in [0.4, 0.5) is 10.1 Å². The molecular formula is C10H15FN2O3S. The van der Waals surface area contributed by atoms with Crippen LogP contribution in [0, 0.1) is 5.82 Å². The molecule has 0 saturated heterocycles. The van der Waals surface area contributed by atoms with Gasteiger partial charge in [0.05, 0.1) is 12.3 Å². The van der Waals surface area contributed by atoms with E-state index in [0.717, 1.165) is 12.1 Å². The molecule has 0 saturated carbocycles. The number of benzene rings is 1. The smallest absolute Gasteiger partial charge is 0.242 e. The third-order valence-corrected chi connectivity index (χ3v) is 3.52. The van der Waals surface area contributed by atoms with Gasteiger partial charge in [-0.15, -0.1) is 0 Å². The van der Waals surface area contributed by atoms with Crippen LogP contribution in [0.2, 0.25) is 0 Å². The second-order valence-corrected chi connectivity index (χ2v) is 5.01. The third kappa shape index (κ3) is 3.95. The normalized spacial score (nSPS) is 11.6. The molecule has 1 aromatic rings. The van der Waals surface area contributed by atoms with Crippen molar-refractivity contribution in [1.82, 2.24) is 4.72 Å². The van der Waals surface area contributed by atoms with Gasteiger partial charge in [-0.1, -0.05) is 0 Å². The topological polar surface area (TPSA) is 81.4 Å². The highest BCUT2D eigenvalue weighted by Gasteiger charge is 2.17. The maximum atomic E-state index is 12.9. The Morgan fingerprint density at radius 2 is 2.18 bits per heavy atom. The molecule has 0 amide bonds. The maximum Gasteiger partial charge on any atom is 0.242 e. The lowest BCUT2D eigenvalue weighted by Gasteiger charge is -2.09. The summed E-state index contributed by atoms with van der Waals surface area (Å²) in [6.07, 6.45) is 0. The van der Waals surface area contributed by atoms with Gasteiger partial charge in [-0.25, -0.2) is 17.5 Å². The Morgan fingerprint density at radius 3 is 2.82 bits per heavy atom. The van der Waals surface area contributed by atoms with Gasteiger partial charge in [0.15, 0.2) is 0 Å². The number of sulfonamides is 1. The lowest BCUT2D eigenvalue weighted by molar-refractivity contribution is 0.153. The molecule has 0 unspecified atom stereocenters. The molecule has 1 aromatic carbocycles. The number of anilines is 1. The largest absolute Gasteiger partial charge is 0.398 e. The van der Waals surface area contributed by atoms with E-state index in [1.807, 2.05) is 0 Å².